The second kappa shape index (κ2) is 6.15. The van der Waals surface area contributed by atoms with Crippen molar-refractivity contribution < 1.29 is 4.74 Å². The van der Waals surface area contributed by atoms with Crippen LogP contribution in [-0.2, 0) is 0 Å². The van der Waals surface area contributed by atoms with E-state index in [1.807, 2.05) is 6.07 Å². The van der Waals surface area contributed by atoms with Crippen molar-refractivity contribution in [2.75, 3.05) is 32.8 Å². The molecule has 1 N–H and O–H groups in total. The zero-order chi connectivity index (χ0) is 13.9. The molecule has 0 aromatic heterocycles. The first-order valence-corrected chi connectivity index (χ1v) is 7.90. The summed E-state index contributed by atoms with van der Waals surface area (Å²) in [6.07, 6.45) is 1.34. The molecule has 2 aliphatic heterocycles. The van der Waals surface area contributed by atoms with E-state index in [1.165, 1.54) is 25.1 Å². The fourth-order valence-corrected chi connectivity index (χ4v) is 3.36. The maximum Gasteiger partial charge on any atom is 0.122 e. The van der Waals surface area contributed by atoms with Gasteiger partial charge in [-0.15, -0.1) is 0 Å². The number of hydrogen-bond donors (Lipinski definition) is 1. The molecule has 110 valence electrons. The van der Waals surface area contributed by atoms with E-state index < -0.39 is 0 Å². The standard InChI is InChI=1S/C17H26N2O/c1-13(2)19-8-7-14(11-19)9-18-10-15-12-20-17-6-4-3-5-16(15)17/h3-6,13-15,18H,7-12H2,1-2H3. The lowest BCUT2D eigenvalue weighted by Gasteiger charge is -2.20. The molecule has 0 radical (unpaired) electrons. The highest BCUT2D eigenvalue weighted by Crippen LogP contribution is 2.32. The van der Waals surface area contributed by atoms with Gasteiger partial charge in [-0.1, -0.05) is 18.2 Å². The summed E-state index contributed by atoms with van der Waals surface area (Å²) in [6.45, 7) is 10.1. The average molecular weight is 274 g/mol. The van der Waals surface area contributed by atoms with Crippen LogP contribution in [0.15, 0.2) is 24.3 Å². The van der Waals surface area contributed by atoms with Gasteiger partial charge in [-0.2, -0.15) is 0 Å². The van der Waals surface area contributed by atoms with Crippen LogP contribution >= 0.6 is 0 Å². The minimum atomic E-state index is 0.522. The normalized spacial score (nSPS) is 25.9. The largest absolute Gasteiger partial charge is 0.493 e. The predicted octanol–water partition coefficient (Wildman–Crippen LogP) is 2.48. The molecule has 2 heterocycles. The average Bonchev–Trinajstić information content (AvgIpc) is 3.06. The van der Waals surface area contributed by atoms with Crippen molar-refractivity contribution in [3.63, 3.8) is 0 Å². The van der Waals surface area contributed by atoms with Gasteiger partial charge in [0.05, 0.1) is 6.61 Å². The molecule has 0 aliphatic carbocycles. The molecule has 1 saturated heterocycles. The predicted molar refractivity (Wildman–Crippen MR) is 82.4 cm³/mol. The molecular weight excluding hydrogens is 248 g/mol. The van der Waals surface area contributed by atoms with Crippen molar-refractivity contribution in [1.82, 2.24) is 10.2 Å². The van der Waals surface area contributed by atoms with E-state index in [0.29, 0.717) is 12.0 Å². The Bertz CT molecular complexity index is 446. The molecule has 0 spiro atoms. The van der Waals surface area contributed by atoms with Gasteiger partial charge >= 0.3 is 0 Å². The Morgan fingerprint density at radius 2 is 2.15 bits per heavy atom. The number of nitrogens with one attached hydrogen (secondary N) is 1. The molecule has 3 heteroatoms. The Morgan fingerprint density at radius 1 is 1.30 bits per heavy atom. The van der Waals surface area contributed by atoms with Crippen LogP contribution in [0.25, 0.3) is 0 Å². The van der Waals surface area contributed by atoms with Gasteiger partial charge in [0, 0.05) is 30.6 Å². The summed E-state index contributed by atoms with van der Waals surface area (Å²) >= 11 is 0. The fourth-order valence-electron chi connectivity index (χ4n) is 3.36. The molecule has 2 aliphatic rings. The number of ether oxygens (including phenoxy) is 1. The van der Waals surface area contributed by atoms with Gasteiger partial charge < -0.3 is 15.0 Å². The Labute approximate surface area is 122 Å². The number of likely N-dealkylation sites (tertiary alicyclic amines) is 1. The maximum atomic E-state index is 5.73. The number of nitrogens with zero attached hydrogens (tertiary/aromatic N) is 1. The molecule has 20 heavy (non-hydrogen) atoms. The highest BCUT2D eigenvalue weighted by Gasteiger charge is 2.26. The molecule has 1 aromatic rings. The van der Waals surface area contributed by atoms with Crippen molar-refractivity contribution >= 4 is 0 Å². The fraction of sp³-hybridized carbons (Fsp3) is 0.647. The molecule has 2 atom stereocenters. The van der Waals surface area contributed by atoms with Crippen LogP contribution in [0.2, 0.25) is 0 Å². The van der Waals surface area contributed by atoms with Crippen LogP contribution in [-0.4, -0.2) is 43.7 Å². The summed E-state index contributed by atoms with van der Waals surface area (Å²) < 4.78 is 5.73. The molecule has 1 aromatic carbocycles. The van der Waals surface area contributed by atoms with E-state index in [4.69, 9.17) is 4.74 Å². The molecule has 1 fully saturated rings. The summed E-state index contributed by atoms with van der Waals surface area (Å²) in [5.41, 5.74) is 1.37. The van der Waals surface area contributed by atoms with Gasteiger partial charge in [0.15, 0.2) is 0 Å². The Balaban J connectivity index is 1.43. The number of para-hydroxylation sites is 1. The summed E-state index contributed by atoms with van der Waals surface area (Å²) in [7, 11) is 0. The SMILES string of the molecule is CC(C)N1CCC(CNCC2COc3ccccc32)C1. The van der Waals surface area contributed by atoms with Crippen molar-refractivity contribution in [2.45, 2.75) is 32.2 Å². The lowest BCUT2D eigenvalue weighted by molar-refractivity contribution is 0.263. The highest BCUT2D eigenvalue weighted by molar-refractivity contribution is 5.39. The first kappa shape index (κ1) is 13.9. The van der Waals surface area contributed by atoms with Crippen molar-refractivity contribution in [2.24, 2.45) is 5.92 Å². The molecule has 3 nitrogen and oxygen atoms in total. The van der Waals surface area contributed by atoms with Gasteiger partial charge in [-0.25, -0.2) is 0 Å². The maximum absolute atomic E-state index is 5.73. The Hall–Kier alpha value is -1.06. The number of fused-ring (bicyclic) bond motifs is 1. The van der Waals surface area contributed by atoms with Gasteiger partial charge in [-0.05, 0) is 45.3 Å². The lowest BCUT2D eigenvalue weighted by atomic mass is 10.0. The monoisotopic (exact) mass is 274 g/mol. The second-order valence-corrected chi connectivity index (χ2v) is 6.45. The first-order valence-electron chi connectivity index (χ1n) is 7.90. The molecule has 0 bridgehead atoms. The Kier molecular flexibility index (Phi) is 4.27. The molecular formula is C17H26N2O. The summed E-state index contributed by atoms with van der Waals surface area (Å²) in [5.74, 6) is 2.41. The topological polar surface area (TPSA) is 24.5 Å². The number of rotatable bonds is 5. The number of hydrogen-bond acceptors (Lipinski definition) is 3. The quantitative estimate of drug-likeness (QED) is 0.893. The van der Waals surface area contributed by atoms with Gasteiger partial charge in [0.25, 0.3) is 0 Å². The van der Waals surface area contributed by atoms with Crippen LogP contribution in [0, 0.1) is 5.92 Å². The first-order chi connectivity index (χ1) is 9.74. The minimum Gasteiger partial charge on any atom is -0.493 e. The van der Waals surface area contributed by atoms with E-state index in [0.717, 1.165) is 31.4 Å². The third-order valence-corrected chi connectivity index (χ3v) is 4.67. The highest BCUT2D eigenvalue weighted by atomic mass is 16.5. The van der Waals surface area contributed by atoms with Crippen LogP contribution < -0.4 is 10.1 Å². The third-order valence-electron chi connectivity index (χ3n) is 4.67. The van der Waals surface area contributed by atoms with Gasteiger partial charge in [0.1, 0.15) is 5.75 Å². The smallest absolute Gasteiger partial charge is 0.122 e. The van der Waals surface area contributed by atoms with Crippen LogP contribution in [0.1, 0.15) is 31.7 Å². The van der Waals surface area contributed by atoms with E-state index in [-0.39, 0.29) is 0 Å². The molecule has 2 unspecified atom stereocenters. The minimum absolute atomic E-state index is 0.522. The molecule has 0 amide bonds. The van der Waals surface area contributed by atoms with Crippen LogP contribution in [0.4, 0.5) is 0 Å². The van der Waals surface area contributed by atoms with Crippen molar-refractivity contribution in [3.8, 4) is 5.75 Å². The zero-order valence-electron chi connectivity index (χ0n) is 12.6. The van der Waals surface area contributed by atoms with E-state index in [2.05, 4.69) is 42.3 Å². The van der Waals surface area contributed by atoms with Crippen molar-refractivity contribution in [3.05, 3.63) is 29.8 Å². The second-order valence-electron chi connectivity index (χ2n) is 6.45. The van der Waals surface area contributed by atoms with E-state index in [1.54, 1.807) is 0 Å². The summed E-state index contributed by atoms with van der Waals surface area (Å²) in [5, 5.41) is 3.66. The summed E-state index contributed by atoms with van der Waals surface area (Å²) in [6, 6.07) is 9.12. The van der Waals surface area contributed by atoms with Crippen LogP contribution in [0.5, 0.6) is 5.75 Å². The lowest BCUT2D eigenvalue weighted by Crippen LogP contribution is -2.32. The summed E-state index contributed by atoms with van der Waals surface area (Å²) in [4.78, 5) is 2.58. The molecule has 3 rings (SSSR count). The van der Waals surface area contributed by atoms with E-state index >= 15 is 0 Å². The van der Waals surface area contributed by atoms with Crippen LogP contribution in [0.3, 0.4) is 0 Å². The number of benzene rings is 1. The van der Waals surface area contributed by atoms with E-state index in [9.17, 15) is 0 Å². The van der Waals surface area contributed by atoms with Gasteiger partial charge in [-0.3, -0.25) is 0 Å². The van der Waals surface area contributed by atoms with Crippen molar-refractivity contribution in [1.29, 1.82) is 0 Å². The third kappa shape index (κ3) is 2.99. The van der Waals surface area contributed by atoms with Gasteiger partial charge in [0.2, 0.25) is 0 Å². The Morgan fingerprint density at radius 3 is 2.95 bits per heavy atom. The zero-order valence-corrected chi connectivity index (χ0v) is 12.6. The molecule has 0 saturated carbocycles.